The van der Waals surface area contributed by atoms with Gasteiger partial charge in [-0.05, 0) is 19.8 Å². The molecule has 0 fully saturated rings. The molecule has 82 valence electrons. The van der Waals surface area contributed by atoms with E-state index in [-0.39, 0.29) is 7.43 Å². The first-order valence-corrected chi connectivity index (χ1v) is 5.65. The Morgan fingerprint density at radius 3 is 2.36 bits per heavy atom. The van der Waals surface area contributed by atoms with Gasteiger partial charge in [0, 0.05) is 24.2 Å². The van der Waals surface area contributed by atoms with Crippen LogP contribution in [0.4, 0.5) is 5.13 Å². The van der Waals surface area contributed by atoms with E-state index in [9.17, 15) is 0 Å². The van der Waals surface area contributed by atoms with Crippen LogP contribution < -0.4 is 4.90 Å². The maximum absolute atomic E-state index is 4.34. The minimum absolute atomic E-state index is 0. The van der Waals surface area contributed by atoms with Crippen molar-refractivity contribution in [3.05, 3.63) is 11.6 Å². The largest absolute Gasteiger partial charge is 0.345 e. The van der Waals surface area contributed by atoms with E-state index < -0.39 is 0 Å². The van der Waals surface area contributed by atoms with E-state index in [1.165, 1.54) is 0 Å². The van der Waals surface area contributed by atoms with Crippen LogP contribution in [0.5, 0.6) is 0 Å². The highest BCUT2D eigenvalue weighted by Crippen LogP contribution is 2.20. The Hall–Kier alpha value is -0.570. The topological polar surface area (TPSA) is 16.1 Å². The molecule has 0 aliphatic rings. The molecule has 0 amide bonds. The molecule has 0 atom stereocenters. The van der Waals surface area contributed by atoms with E-state index in [4.69, 9.17) is 0 Å². The van der Waals surface area contributed by atoms with Crippen molar-refractivity contribution in [3.63, 3.8) is 0 Å². The van der Waals surface area contributed by atoms with Crippen LogP contribution in [0, 0.1) is 5.92 Å². The first kappa shape index (κ1) is 13.4. The Morgan fingerprint density at radius 2 is 2.00 bits per heavy atom. The molecule has 0 unspecified atom stereocenters. The van der Waals surface area contributed by atoms with Crippen molar-refractivity contribution in [2.75, 3.05) is 11.4 Å². The van der Waals surface area contributed by atoms with Gasteiger partial charge in [-0.25, -0.2) is 4.98 Å². The Bertz CT molecular complexity index is 229. The van der Waals surface area contributed by atoms with Gasteiger partial charge in [0.2, 0.25) is 0 Å². The van der Waals surface area contributed by atoms with Crippen molar-refractivity contribution in [1.29, 1.82) is 0 Å². The second-order valence-corrected chi connectivity index (χ2v) is 4.83. The molecule has 0 saturated carbocycles. The van der Waals surface area contributed by atoms with Gasteiger partial charge in [0.1, 0.15) is 0 Å². The lowest BCUT2D eigenvalue weighted by atomic mass is 10.2. The highest BCUT2D eigenvalue weighted by Gasteiger charge is 2.13. The molecule has 0 spiro atoms. The molecule has 1 rings (SSSR count). The average Bonchev–Trinajstić information content (AvgIpc) is 2.50. The molecule has 0 saturated heterocycles. The Kier molecular flexibility index (Phi) is 5.77. The zero-order valence-corrected chi connectivity index (χ0v) is 9.64. The fourth-order valence-corrected chi connectivity index (χ4v) is 2.05. The number of thiazole rings is 1. The third-order valence-electron chi connectivity index (χ3n) is 1.85. The molecule has 1 aromatic heterocycles. The predicted molar refractivity (Wildman–Crippen MR) is 66.2 cm³/mol. The number of aromatic nitrogens is 1. The summed E-state index contributed by atoms with van der Waals surface area (Å²) in [5.41, 5.74) is 0. The molecule has 1 heterocycles. The molecule has 0 N–H and O–H groups in total. The lowest BCUT2D eigenvalue weighted by Gasteiger charge is -2.27. The van der Waals surface area contributed by atoms with Crippen molar-refractivity contribution in [3.8, 4) is 0 Å². The summed E-state index contributed by atoms with van der Waals surface area (Å²) in [7, 11) is 0. The van der Waals surface area contributed by atoms with Gasteiger partial charge in [0.05, 0.1) is 0 Å². The summed E-state index contributed by atoms with van der Waals surface area (Å²) >= 11 is 1.72. The smallest absolute Gasteiger partial charge is 0.185 e. The number of anilines is 1. The van der Waals surface area contributed by atoms with Gasteiger partial charge in [0.25, 0.3) is 0 Å². The molecular weight excluding hydrogens is 192 g/mol. The molecule has 0 aliphatic heterocycles. The van der Waals surface area contributed by atoms with Gasteiger partial charge in [-0.1, -0.05) is 21.3 Å². The Balaban J connectivity index is 0.00000169. The summed E-state index contributed by atoms with van der Waals surface area (Å²) < 4.78 is 0. The van der Waals surface area contributed by atoms with Crippen molar-refractivity contribution in [2.45, 2.75) is 41.2 Å². The first-order chi connectivity index (χ1) is 6.11. The van der Waals surface area contributed by atoms with E-state index >= 15 is 0 Å². The number of nitrogens with zero attached hydrogens (tertiary/aromatic N) is 2. The van der Waals surface area contributed by atoms with Crippen molar-refractivity contribution < 1.29 is 0 Å². The number of hydrogen-bond acceptors (Lipinski definition) is 3. The van der Waals surface area contributed by atoms with Crippen molar-refractivity contribution in [2.24, 2.45) is 5.92 Å². The molecule has 3 heteroatoms. The summed E-state index contributed by atoms with van der Waals surface area (Å²) in [6.07, 6.45) is 1.87. The molecule has 0 aromatic carbocycles. The van der Waals surface area contributed by atoms with Crippen LogP contribution in [0.1, 0.15) is 35.1 Å². The van der Waals surface area contributed by atoms with Gasteiger partial charge in [0.15, 0.2) is 5.13 Å². The lowest BCUT2D eigenvalue weighted by Crippen LogP contribution is -2.33. The SMILES string of the molecule is C.CC(C)CN(c1nccs1)C(C)C. The molecule has 0 radical (unpaired) electrons. The van der Waals surface area contributed by atoms with Crippen LogP contribution in [-0.2, 0) is 0 Å². The lowest BCUT2D eigenvalue weighted by molar-refractivity contribution is 0.570. The molecular formula is C11H22N2S. The third kappa shape index (κ3) is 3.66. The van der Waals surface area contributed by atoms with Gasteiger partial charge < -0.3 is 4.90 Å². The molecule has 2 nitrogen and oxygen atoms in total. The summed E-state index contributed by atoms with van der Waals surface area (Å²) in [5.74, 6) is 0.686. The fourth-order valence-electron chi connectivity index (χ4n) is 1.26. The van der Waals surface area contributed by atoms with Gasteiger partial charge in [-0.3, -0.25) is 0 Å². The number of rotatable bonds is 4. The second-order valence-electron chi connectivity index (χ2n) is 3.95. The van der Waals surface area contributed by atoms with E-state index in [2.05, 4.69) is 37.6 Å². The molecule has 0 aliphatic carbocycles. The van der Waals surface area contributed by atoms with Crippen molar-refractivity contribution in [1.82, 2.24) is 4.98 Å². The zero-order valence-electron chi connectivity index (χ0n) is 8.82. The monoisotopic (exact) mass is 214 g/mol. The predicted octanol–water partition coefficient (Wildman–Crippen LogP) is 3.65. The van der Waals surface area contributed by atoms with Gasteiger partial charge >= 0.3 is 0 Å². The standard InChI is InChI=1S/C10H18N2S.CH4/c1-8(2)7-12(9(3)4)10-11-5-6-13-10;/h5-6,8-9H,7H2,1-4H3;1H4. The fraction of sp³-hybridized carbons (Fsp3) is 0.727. The Morgan fingerprint density at radius 1 is 1.36 bits per heavy atom. The molecule has 14 heavy (non-hydrogen) atoms. The van der Waals surface area contributed by atoms with E-state index in [1.54, 1.807) is 11.3 Å². The third-order valence-corrected chi connectivity index (χ3v) is 2.66. The maximum atomic E-state index is 4.34. The van der Waals surface area contributed by atoms with Crippen LogP contribution in [-0.4, -0.2) is 17.6 Å². The second kappa shape index (κ2) is 6.02. The van der Waals surface area contributed by atoms with Crippen molar-refractivity contribution >= 4 is 16.5 Å². The van der Waals surface area contributed by atoms with Crippen LogP contribution in [0.25, 0.3) is 0 Å². The summed E-state index contributed by atoms with van der Waals surface area (Å²) in [6, 6.07) is 0.536. The average molecular weight is 214 g/mol. The maximum Gasteiger partial charge on any atom is 0.185 e. The molecule has 1 aromatic rings. The summed E-state index contributed by atoms with van der Waals surface area (Å²) in [4.78, 5) is 6.69. The normalized spacial score (nSPS) is 10.4. The van der Waals surface area contributed by atoms with Crippen LogP contribution >= 0.6 is 11.3 Å². The highest BCUT2D eigenvalue weighted by atomic mass is 32.1. The van der Waals surface area contributed by atoms with E-state index in [1.807, 2.05) is 11.6 Å². The minimum Gasteiger partial charge on any atom is -0.345 e. The summed E-state index contributed by atoms with van der Waals surface area (Å²) in [5, 5.41) is 3.18. The van der Waals surface area contributed by atoms with Crippen LogP contribution in [0.15, 0.2) is 11.6 Å². The quantitative estimate of drug-likeness (QED) is 0.760. The van der Waals surface area contributed by atoms with Crippen LogP contribution in [0.2, 0.25) is 0 Å². The summed E-state index contributed by atoms with van der Waals surface area (Å²) in [6.45, 7) is 9.99. The van der Waals surface area contributed by atoms with Gasteiger partial charge in [-0.2, -0.15) is 0 Å². The van der Waals surface area contributed by atoms with Crippen LogP contribution in [0.3, 0.4) is 0 Å². The Labute approximate surface area is 92.0 Å². The first-order valence-electron chi connectivity index (χ1n) is 4.77. The van der Waals surface area contributed by atoms with E-state index in [0.29, 0.717) is 12.0 Å². The molecule has 0 bridgehead atoms. The van der Waals surface area contributed by atoms with E-state index in [0.717, 1.165) is 11.7 Å². The number of hydrogen-bond donors (Lipinski definition) is 0. The zero-order chi connectivity index (χ0) is 9.84. The highest BCUT2D eigenvalue weighted by molar-refractivity contribution is 7.13. The minimum atomic E-state index is 0. The van der Waals surface area contributed by atoms with Gasteiger partial charge in [-0.15, -0.1) is 11.3 Å².